The first-order valence-electron chi connectivity index (χ1n) is 6.60. The van der Waals surface area contributed by atoms with E-state index < -0.39 is 11.0 Å². The van der Waals surface area contributed by atoms with Crippen molar-refractivity contribution in [2.45, 2.75) is 36.7 Å². The number of nitrogens with zero attached hydrogens (tertiary/aromatic N) is 1. The zero-order valence-electron chi connectivity index (χ0n) is 12.2. The Kier molecular flexibility index (Phi) is 4.65. The molecule has 0 radical (unpaired) electrons. The molecule has 0 aliphatic carbocycles. The van der Waals surface area contributed by atoms with Crippen LogP contribution in [0.5, 0.6) is 0 Å². The van der Waals surface area contributed by atoms with E-state index in [-0.39, 0.29) is 5.69 Å². The number of aliphatic hydroxyl groups excluding tert-OH is 1. The second kappa shape index (κ2) is 6.28. The summed E-state index contributed by atoms with van der Waals surface area (Å²) in [6.45, 7) is 5.60. The standard InChI is InChI=1S/C16H17NO3S/c1-10-4-6-15(11(2)8-10)21-16-7-5-13(12(3)18)9-14(16)17(19)20/h4-9,12,18H,1-3H3/t12-/m0/s1. The lowest BCUT2D eigenvalue weighted by molar-refractivity contribution is -0.387. The highest BCUT2D eigenvalue weighted by Gasteiger charge is 2.17. The average Bonchev–Trinajstić information content (AvgIpc) is 2.41. The number of benzene rings is 2. The molecule has 1 atom stereocenters. The molecule has 0 amide bonds. The summed E-state index contributed by atoms with van der Waals surface area (Å²) in [5.41, 5.74) is 2.83. The molecule has 1 N–H and O–H groups in total. The largest absolute Gasteiger partial charge is 0.389 e. The summed E-state index contributed by atoms with van der Waals surface area (Å²) < 4.78 is 0. The molecule has 0 heterocycles. The van der Waals surface area contributed by atoms with Gasteiger partial charge < -0.3 is 5.11 Å². The van der Waals surface area contributed by atoms with E-state index in [4.69, 9.17) is 0 Å². The van der Waals surface area contributed by atoms with Crippen LogP contribution in [0.1, 0.15) is 29.7 Å². The Morgan fingerprint density at radius 2 is 1.81 bits per heavy atom. The van der Waals surface area contributed by atoms with Gasteiger partial charge in [-0.3, -0.25) is 10.1 Å². The molecule has 2 aromatic rings. The van der Waals surface area contributed by atoms with Crippen molar-refractivity contribution in [3.63, 3.8) is 0 Å². The molecule has 0 fully saturated rings. The van der Waals surface area contributed by atoms with Gasteiger partial charge in [-0.1, -0.05) is 35.5 Å². The molecule has 21 heavy (non-hydrogen) atoms. The SMILES string of the molecule is Cc1ccc(Sc2ccc([C@H](C)O)cc2[N+](=O)[O-])c(C)c1. The molecule has 0 saturated heterocycles. The average molecular weight is 303 g/mol. The predicted octanol–water partition coefficient (Wildman–Crippen LogP) is 4.42. The zero-order valence-corrected chi connectivity index (χ0v) is 13.0. The second-order valence-electron chi connectivity index (χ2n) is 5.03. The van der Waals surface area contributed by atoms with Crippen LogP contribution in [0.2, 0.25) is 0 Å². The third-order valence-corrected chi connectivity index (χ3v) is 4.46. The zero-order chi connectivity index (χ0) is 15.6. The number of nitro groups is 1. The van der Waals surface area contributed by atoms with Gasteiger partial charge in [0.15, 0.2) is 0 Å². The van der Waals surface area contributed by atoms with E-state index >= 15 is 0 Å². The highest BCUT2D eigenvalue weighted by atomic mass is 32.2. The van der Waals surface area contributed by atoms with Gasteiger partial charge in [-0.15, -0.1) is 0 Å². The minimum absolute atomic E-state index is 0.0263. The van der Waals surface area contributed by atoms with Crippen LogP contribution in [-0.2, 0) is 0 Å². The van der Waals surface area contributed by atoms with Gasteiger partial charge in [0.1, 0.15) is 0 Å². The molecule has 2 aromatic carbocycles. The Hall–Kier alpha value is -1.85. The van der Waals surface area contributed by atoms with Crippen molar-refractivity contribution < 1.29 is 10.0 Å². The first kappa shape index (κ1) is 15.5. The number of nitro benzene ring substituents is 1. The van der Waals surface area contributed by atoms with Gasteiger partial charge in [0.25, 0.3) is 5.69 Å². The Balaban J connectivity index is 2.41. The van der Waals surface area contributed by atoms with Crippen molar-refractivity contribution in [3.05, 3.63) is 63.2 Å². The third-order valence-electron chi connectivity index (χ3n) is 3.21. The molecule has 4 nitrogen and oxygen atoms in total. The van der Waals surface area contributed by atoms with Crippen molar-refractivity contribution in [1.82, 2.24) is 0 Å². The van der Waals surface area contributed by atoms with E-state index in [1.54, 1.807) is 19.1 Å². The maximum atomic E-state index is 11.2. The Bertz CT molecular complexity index is 683. The lowest BCUT2D eigenvalue weighted by Crippen LogP contribution is -1.96. The van der Waals surface area contributed by atoms with Crippen LogP contribution in [0.15, 0.2) is 46.2 Å². The summed E-state index contributed by atoms with van der Waals surface area (Å²) in [4.78, 5) is 12.4. The van der Waals surface area contributed by atoms with Crippen LogP contribution in [0, 0.1) is 24.0 Å². The van der Waals surface area contributed by atoms with Crippen molar-refractivity contribution >= 4 is 17.4 Å². The Morgan fingerprint density at radius 1 is 1.14 bits per heavy atom. The summed E-state index contributed by atoms with van der Waals surface area (Å²) in [6, 6.07) is 10.9. The highest BCUT2D eigenvalue weighted by Crippen LogP contribution is 2.37. The van der Waals surface area contributed by atoms with Crippen LogP contribution in [0.3, 0.4) is 0 Å². The molecule has 0 aliphatic rings. The molecular formula is C16H17NO3S. The maximum Gasteiger partial charge on any atom is 0.283 e. The third kappa shape index (κ3) is 3.62. The van der Waals surface area contributed by atoms with E-state index in [9.17, 15) is 15.2 Å². The first-order valence-corrected chi connectivity index (χ1v) is 7.41. The summed E-state index contributed by atoms with van der Waals surface area (Å²) in [6.07, 6.45) is -0.719. The summed E-state index contributed by atoms with van der Waals surface area (Å²) in [5.74, 6) is 0. The Morgan fingerprint density at radius 3 is 2.38 bits per heavy atom. The Labute approximate surface area is 128 Å². The molecule has 2 rings (SSSR count). The van der Waals surface area contributed by atoms with Crippen molar-refractivity contribution in [3.8, 4) is 0 Å². The van der Waals surface area contributed by atoms with Crippen LogP contribution < -0.4 is 0 Å². The molecule has 5 heteroatoms. The van der Waals surface area contributed by atoms with E-state index in [1.807, 2.05) is 26.0 Å². The van der Waals surface area contributed by atoms with Crippen molar-refractivity contribution in [2.24, 2.45) is 0 Å². The van der Waals surface area contributed by atoms with Gasteiger partial charge >= 0.3 is 0 Å². The maximum absolute atomic E-state index is 11.2. The number of aryl methyl sites for hydroxylation is 2. The molecule has 0 bridgehead atoms. The van der Waals surface area contributed by atoms with Crippen LogP contribution in [0.4, 0.5) is 5.69 Å². The number of rotatable bonds is 4. The van der Waals surface area contributed by atoms with Gasteiger partial charge in [-0.05, 0) is 44.0 Å². The van der Waals surface area contributed by atoms with E-state index in [0.717, 1.165) is 16.0 Å². The smallest absolute Gasteiger partial charge is 0.283 e. The monoisotopic (exact) mass is 303 g/mol. The fraction of sp³-hybridized carbons (Fsp3) is 0.250. The van der Waals surface area contributed by atoms with Crippen LogP contribution in [0.25, 0.3) is 0 Å². The van der Waals surface area contributed by atoms with Gasteiger partial charge in [0.05, 0.1) is 15.9 Å². The lowest BCUT2D eigenvalue weighted by Gasteiger charge is -2.09. The van der Waals surface area contributed by atoms with Crippen molar-refractivity contribution in [1.29, 1.82) is 0 Å². The quantitative estimate of drug-likeness (QED) is 0.671. The predicted molar refractivity (Wildman–Crippen MR) is 83.8 cm³/mol. The molecule has 110 valence electrons. The van der Waals surface area contributed by atoms with Crippen molar-refractivity contribution in [2.75, 3.05) is 0 Å². The molecular weight excluding hydrogens is 286 g/mol. The summed E-state index contributed by atoms with van der Waals surface area (Å²) >= 11 is 1.37. The molecule has 0 spiro atoms. The van der Waals surface area contributed by atoms with Crippen LogP contribution >= 0.6 is 11.8 Å². The fourth-order valence-electron chi connectivity index (χ4n) is 2.06. The normalized spacial score (nSPS) is 12.2. The molecule has 0 unspecified atom stereocenters. The first-order chi connectivity index (χ1) is 9.88. The fourth-order valence-corrected chi connectivity index (χ4v) is 3.02. The van der Waals surface area contributed by atoms with E-state index in [1.165, 1.54) is 17.8 Å². The summed E-state index contributed by atoms with van der Waals surface area (Å²) in [5, 5.41) is 20.8. The van der Waals surface area contributed by atoms with E-state index in [2.05, 4.69) is 6.07 Å². The van der Waals surface area contributed by atoms with Gasteiger partial charge in [-0.25, -0.2) is 0 Å². The second-order valence-corrected chi connectivity index (χ2v) is 6.12. The number of hydrogen-bond donors (Lipinski definition) is 1. The minimum Gasteiger partial charge on any atom is -0.389 e. The topological polar surface area (TPSA) is 63.4 Å². The molecule has 0 saturated carbocycles. The van der Waals surface area contributed by atoms with Crippen LogP contribution in [-0.4, -0.2) is 10.0 Å². The lowest BCUT2D eigenvalue weighted by atomic mass is 10.1. The minimum atomic E-state index is -0.719. The highest BCUT2D eigenvalue weighted by molar-refractivity contribution is 7.99. The molecule has 0 aromatic heterocycles. The van der Waals surface area contributed by atoms with E-state index in [0.29, 0.717) is 10.5 Å². The molecule has 0 aliphatic heterocycles. The summed E-state index contributed by atoms with van der Waals surface area (Å²) in [7, 11) is 0. The number of hydrogen-bond acceptors (Lipinski definition) is 4. The van der Waals surface area contributed by atoms with Gasteiger partial charge in [-0.2, -0.15) is 0 Å². The number of aliphatic hydroxyl groups is 1. The van der Waals surface area contributed by atoms with Gasteiger partial charge in [0, 0.05) is 11.0 Å². The van der Waals surface area contributed by atoms with Gasteiger partial charge in [0.2, 0.25) is 0 Å².